The Labute approximate surface area is 157 Å². The molecule has 2 aromatic carbocycles. The largest absolute Gasteiger partial charge is 0.416 e. The van der Waals surface area contributed by atoms with Crippen LogP contribution in [-0.4, -0.2) is 15.7 Å². The summed E-state index contributed by atoms with van der Waals surface area (Å²) in [5, 5.41) is 4.15. The van der Waals surface area contributed by atoms with Crippen molar-refractivity contribution in [1.82, 2.24) is 15.2 Å². The second-order valence-corrected chi connectivity index (χ2v) is 5.83. The van der Waals surface area contributed by atoms with Gasteiger partial charge in [0.05, 0.1) is 16.9 Å². The molecule has 0 saturated heterocycles. The van der Waals surface area contributed by atoms with Gasteiger partial charge >= 0.3 is 6.18 Å². The number of hydrogen-bond donors (Lipinski definition) is 2. The van der Waals surface area contributed by atoms with Gasteiger partial charge in [-0.1, -0.05) is 36.4 Å². The van der Waals surface area contributed by atoms with Crippen LogP contribution >= 0.6 is 0 Å². The normalized spacial score (nSPS) is 11.1. The fraction of sp³-hybridized carbons (Fsp3) is 0.105. The van der Waals surface area contributed by atoms with Crippen molar-refractivity contribution in [3.63, 3.8) is 0 Å². The number of carbonyl (C=O) groups excluding carboxylic acids is 1. The summed E-state index contributed by atoms with van der Waals surface area (Å²) in [7, 11) is 0. The van der Waals surface area contributed by atoms with Gasteiger partial charge in [0.1, 0.15) is 6.54 Å². The van der Waals surface area contributed by atoms with Crippen LogP contribution in [0.5, 0.6) is 0 Å². The van der Waals surface area contributed by atoms with Crippen molar-refractivity contribution in [3.05, 3.63) is 82.6 Å². The van der Waals surface area contributed by atoms with E-state index in [-0.39, 0.29) is 5.69 Å². The van der Waals surface area contributed by atoms with Gasteiger partial charge in [0.15, 0.2) is 0 Å². The third kappa shape index (κ3) is 4.76. The van der Waals surface area contributed by atoms with E-state index in [0.29, 0.717) is 5.69 Å². The second kappa shape index (κ2) is 7.95. The van der Waals surface area contributed by atoms with E-state index in [9.17, 15) is 22.8 Å². The zero-order valence-corrected chi connectivity index (χ0v) is 14.4. The van der Waals surface area contributed by atoms with Crippen molar-refractivity contribution in [2.75, 3.05) is 5.43 Å². The van der Waals surface area contributed by atoms with E-state index >= 15 is 0 Å². The molecule has 0 aliphatic heterocycles. The predicted octanol–water partition coefficient (Wildman–Crippen LogP) is 3.07. The van der Waals surface area contributed by atoms with Gasteiger partial charge in [0.25, 0.3) is 11.5 Å². The summed E-state index contributed by atoms with van der Waals surface area (Å²) in [4.78, 5) is 24.0. The number of nitrogens with zero attached hydrogens (tertiary/aromatic N) is 2. The molecule has 0 fully saturated rings. The van der Waals surface area contributed by atoms with Crippen molar-refractivity contribution in [1.29, 1.82) is 0 Å². The van der Waals surface area contributed by atoms with Crippen LogP contribution in [0.2, 0.25) is 0 Å². The number of anilines is 1. The molecule has 0 spiro atoms. The third-order valence-corrected chi connectivity index (χ3v) is 3.77. The van der Waals surface area contributed by atoms with Crippen LogP contribution in [0.15, 0.2) is 71.5 Å². The maximum atomic E-state index is 12.7. The molecule has 0 unspecified atom stereocenters. The Bertz CT molecular complexity index is 1030. The minimum Gasteiger partial charge on any atom is -0.299 e. The molecular weight excluding hydrogens is 373 g/mol. The van der Waals surface area contributed by atoms with Gasteiger partial charge in [-0.15, -0.1) is 0 Å². The number of carbonyl (C=O) groups is 1. The Balaban J connectivity index is 1.68. The molecule has 6 nitrogen and oxygen atoms in total. The minimum absolute atomic E-state index is 0.0570. The molecule has 9 heteroatoms. The number of hydrogen-bond acceptors (Lipinski definition) is 4. The first-order valence-electron chi connectivity index (χ1n) is 8.18. The zero-order chi connectivity index (χ0) is 20.1. The first kappa shape index (κ1) is 19.2. The summed E-state index contributed by atoms with van der Waals surface area (Å²) in [6.45, 7) is -0.397. The van der Waals surface area contributed by atoms with Crippen LogP contribution in [0.4, 0.5) is 18.9 Å². The van der Waals surface area contributed by atoms with E-state index < -0.39 is 29.8 Å². The van der Waals surface area contributed by atoms with Crippen LogP contribution in [0, 0.1) is 0 Å². The highest BCUT2D eigenvalue weighted by Gasteiger charge is 2.30. The second-order valence-electron chi connectivity index (χ2n) is 5.83. The summed E-state index contributed by atoms with van der Waals surface area (Å²) < 4.78 is 39.1. The van der Waals surface area contributed by atoms with Crippen molar-refractivity contribution < 1.29 is 18.0 Å². The number of benzene rings is 2. The number of halogens is 3. The van der Waals surface area contributed by atoms with Gasteiger partial charge in [-0.25, -0.2) is 4.68 Å². The molecule has 28 heavy (non-hydrogen) atoms. The molecule has 1 amide bonds. The number of amides is 1. The molecular formula is C19H15F3N4O2. The third-order valence-electron chi connectivity index (χ3n) is 3.77. The van der Waals surface area contributed by atoms with Crippen LogP contribution in [0.1, 0.15) is 5.56 Å². The van der Waals surface area contributed by atoms with Gasteiger partial charge in [-0.2, -0.15) is 18.3 Å². The SMILES string of the molecule is O=C(Cn1nc(-c2ccccc2)ccc1=O)NNc1cccc(C(F)(F)F)c1. The number of aromatic nitrogens is 2. The highest BCUT2D eigenvalue weighted by atomic mass is 19.4. The Kier molecular flexibility index (Phi) is 5.44. The van der Waals surface area contributed by atoms with E-state index in [1.54, 1.807) is 6.07 Å². The lowest BCUT2D eigenvalue weighted by atomic mass is 10.1. The van der Waals surface area contributed by atoms with Crippen molar-refractivity contribution in [2.45, 2.75) is 12.7 Å². The number of rotatable bonds is 5. The van der Waals surface area contributed by atoms with Crippen molar-refractivity contribution in [3.8, 4) is 11.3 Å². The Morgan fingerprint density at radius 1 is 1.00 bits per heavy atom. The van der Waals surface area contributed by atoms with E-state index in [2.05, 4.69) is 16.0 Å². The lowest BCUT2D eigenvalue weighted by Crippen LogP contribution is -2.36. The Morgan fingerprint density at radius 2 is 1.75 bits per heavy atom. The van der Waals surface area contributed by atoms with E-state index in [1.807, 2.05) is 30.3 Å². The maximum Gasteiger partial charge on any atom is 0.416 e. The van der Waals surface area contributed by atoms with Crippen molar-refractivity contribution >= 4 is 11.6 Å². The molecule has 3 rings (SSSR count). The fourth-order valence-corrected chi connectivity index (χ4v) is 2.42. The standard InChI is InChI=1S/C19H15F3N4O2/c20-19(21,22)14-7-4-8-15(11-14)23-24-17(27)12-26-18(28)10-9-16(25-26)13-5-2-1-3-6-13/h1-11,23H,12H2,(H,24,27). The monoisotopic (exact) mass is 388 g/mol. The molecule has 2 N–H and O–H groups in total. The lowest BCUT2D eigenvalue weighted by molar-refractivity contribution is -0.137. The first-order chi connectivity index (χ1) is 13.3. The molecule has 0 bridgehead atoms. The van der Waals surface area contributed by atoms with Crippen LogP contribution in [0.25, 0.3) is 11.3 Å². The predicted molar refractivity (Wildman–Crippen MR) is 97.1 cm³/mol. The molecule has 3 aromatic rings. The molecule has 0 aliphatic carbocycles. The average Bonchev–Trinajstić information content (AvgIpc) is 2.68. The topological polar surface area (TPSA) is 76.0 Å². The van der Waals surface area contributed by atoms with Crippen molar-refractivity contribution in [2.24, 2.45) is 0 Å². The van der Waals surface area contributed by atoms with E-state index in [1.165, 1.54) is 18.2 Å². The highest BCUT2D eigenvalue weighted by molar-refractivity contribution is 5.77. The molecule has 0 saturated carbocycles. The fourth-order valence-electron chi connectivity index (χ4n) is 2.42. The number of hydrazine groups is 1. The number of nitrogens with one attached hydrogen (secondary N) is 2. The Morgan fingerprint density at radius 3 is 2.46 bits per heavy atom. The minimum atomic E-state index is -4.49. The zero-order valence-electron chi connectivity index (χ0n) is 14.4. The average molecular weight is 388 g/mol. The molecule has 0 aliphatic rings. The molecule has 1 heterocycles. The van der Waals surface area contributed by atoms with Gasteiger partial charge < -0.3 is 0 Å². The quantitative estimate of drug-likeness (QED) is 0.659. The van der Waals surface area contributed by atoms with Gasteiger partial charge in [-0.3, -0.25) is 20.4 Å². The maximum absolute atomic E-state index is 12.7. The highest BCUT2D eigenvalue weighted by Crippen LogP contribution is 2.30. The Hall–Kier alpha value is -3.62. The van der Waals surface area contributed by atoms with Crippen LogP contribution in [-0.2, 0) is 17.5 Å². The smallest absolute Gasteiger partial charge is 0.299 e. The molecule has 144 valence electrons. The van der Waals surface area contributed by atoms with E-state index in [4.69, 9.17) is 0 Å². The summed E-state index contributed by atoms with van der Waals surface area (Å²) in [6, 6.07) is 16.3. The lowest BCUT2D eigenvalue weighted by Gasteiger charge is -2.12. The van der Waals surface area contributed by atoms with Gasteiger partial charge in [0.2, 0.25) is 0 Å². The van der Waals surface area contributed by atoms with Crippen LogP contribution < -0.4 is 16.4 Å². The van der Waals surface area contributed by atoms with Gasteiger partial charge in [0, 0.05) is 11.6 Å². The summed E-state index contributed by atoms with van der Waals surface area (Å²) in [5.74, 6) is -0.641. The summed E-state index contributed by atoms with van der Waals surface area (Å²) in [5.41, 5.74) is 4.68. The first-order valence-corrected chi connectivity index (χ1v) is 8.18. The molecule has 0 radical (unpaired) electrons. The summed E-state index contributed by atoms with van der Waals surface area (Å²) >= 11 is 0. The molecule has 0 atom stereocenters. The van der Waals surface area contributed by atoms with Crippen LogP contribution in [0.3, 0.4) is 0 Å². The van der Waals surface area contributed by atoms with Gasteiger partial charge in [-0.05, 0) is 24.3 Å². The number of alkyl halides is 3. The summed E-state index contributed by atoms with van der Waals surface area (Å²) in [6.07, 6.45) is -4.49. The van der Waals surface area contributed by atoms with E-state index in [0.717, 1.165) is 22.4 Å². The molecule has 1 aromatic heterocycles.